The van der Waals surface area contributed by atoms with Gasteiger partial charge in [0.05, 0.1) is 11.0 Å². The van der Waals surface area contributed by atoms with E-state index in [0.717, 1.165) is 36.8 Å². The molecule has 0 saturated carbocycles. The molecule has 2 aliphatic heterocycles. The van der Waals surface area contributed by atoms with Gasteiger partial charge >= 0.3 is 11.8 Å². The van der Waals surface area contributed by atoms with Crippen molar-refractivity contribution in [2.24, 2.45) is 7.05 Å². The van der Waals surface area contributed by atoms with Crippen LogP contribution in [0.15, 0.2) is 23.0 Å². The standard InChI is InChI=1S/C27H37N5O6/c1-27(2,3)38-26(37)31-15-14-30(23(34)17-31)13-7-5-6-8-18-9-10-19-21(16-18)29(4)25(36)32(19)20-11-12-22(33)28-24(20)35/h9-10,16,20H,5-8,11-15,17H2,1-4H3,(H,28,33,35). The Morgan fingerprint density at radius 2 is 1.82 bits per heavy atom. The number of piperidine rings is 1. The van der Waals surface area contributed by atoms with Gasteiger partial charge in [0.1, 0.15) is 18.2 Å². The predicted molar refractivity (Wildman–Crippen MR) is 141 cm³/mol. The molecule has 1 atom stereocenters. The number of carbonyl (C=O) groups excluding carboxylic acids is 4. The van der Waals surface area contributed by atoms with Gasteiger partial charge in [0.2, 0.25) is 17.7 Å². The van der Waals surface area contributed by atoms with Crippen LogP contribution in [0.4, 0.5) is 4.79 Å². The average molecular weight is 528 g/mol. The van der Waals surface area contributed by atoms with Crippen molar-refractivity contribution in [2.45, 2.75) is 70.9 Å². The van der Waals surface area contributed by atoms with Gasteiger partial charge in [0.25, 0.3) is 0 Å². The fourth-order valence-electron chi connectivity index (χ4n) is 5.03. The molecule has 0 bridgehead atoms. The first kappa shape index (κ1) is 27.4. The molecule has 1 aromatic carbocycles. The van der Waals surface area contributed by atoms with E-state index in [0.29, 0.717) is 31.6 Å². The summed E-state index contributed by atoms with van der Waals surface area (Å²) in [5.74, 6) is -0.812. The van der Waals surface area contributed by atoms with Crippen LogP contribution in [0.2, 0.25) is 0 Å². The number of nitrogens with zero attached hydrogens (tertiary/aromatic N) is 4. The Balaban J connectivity index is 1.27. The first-order chi connectivity index (χ1) is 17.9. The summed E-state index contributed by atoms with van der Waals surface area (Å²) in [7, 11) is 1.69. The van der Waals surface area contributed by atoms with E-state index >= 15 is 0 Å². The van der Waals surface area contributed by atoms with Crippen molar-refractivity contribution in [3.63, 3.8) is 0 Å². The molecule has 4 amide bonds. The van der Waals surface area contributed by atoms with Crippen molar-refractivity contribution >= 4 is 34.8 Å². The number of benzene rings is 1. The maximum absolute atomic E-state index is 12.9. The minimum atomic E-state index is -0.691. The number of ether oxygens (including phenoxy) is 1. The molecule has 3 heterocycles. The molecule has 1 N–H and O–H groups in total. The monoisotopic (exact) mass is 527 g/mol. The number of hydrogen-bond donors (Lipinski definition) is 1. The largest absolute Gasteiger partial charge is 0.444 e. The third-order valence-corrected chi connectivity index (χ3v) is 7.04. The van der Waals surface area contributed by atoms with Gasteiger partial charge in [-0.2, -0.15) is 0 Å². The van der Waals surface area contributed by atoms with Crippen molar-refractivity contribution in [1.29, 1.82) is 0 Å². The number of imidazole rings is 1. The van der Waals surface area contributed by atoms with Gasteiger partial charge in [0.15, 0.2) is 0 Å². The highest BCUT2D eigenvalue weighted by Gasteiger charge is 2.32. The lowest BCUT2D eigenvalue weighted by molar-refractivity contribution is -0.136. The summed E-state index contributed by atoms with van der Waals surface area (Å²) in [6.45, 7) is 7.10. The van der Waals surface area contributed by atoms with Crippen molar-refractivity contribution < 1.29 is 23.9 Å². The minimum Gasteiger partial charge on any atom is -0.444 e. The minimum absolute atomic E-state index is 0.0477. The van der Waals surface area contributed by atoms with Gasteiger partial charge in [-0.15, -0.1) is 0 Å². The highest BCUT2D eigenvalue weighted by atomic mass is 16.6. The van der Waals surface area contributed by atoms with Crippen LogP contribution in [0.25, 0.3) is 11.0 Å². The van der Waals surface area contributed by atoms with E-state index in [-0.39, 0.29) is 30.5 Å². The number of amides is 4. The summed E-state index contributed by atoms with van der Waals surface area (Å²) in [5, 5.41) is 2.33. The van der Waals surface area contributed by atoms with Crippen molar-refractivity contribution in [2.75, 3.05) is 26.2 Å². The fourth-order valence-corrected chi connectivity index (χ4v) is 5.03. The summed E-state index contributed by atoms with van der Waals surface area (Å²) < 4.78 is 8.40. The van der Waals surface area contributed by atoms with Crippen LogP contribution in [-0.4, -0.2) is 74.5 Å². The highest BCUT2D eigenvalue weighted by molar-refractivity contribution is 6.00. The molecule has 11 nitrogen and oxygen atoms in total. The predicted octanol–water partition coefficient (Wildman–Crippen LogP) is 2.11. The molecule has 11 heteroatoms. The van der Waals surface area contributed by atoms with E-state index in [1.807, 2.05) is 18.2 Å². The SMILES string of the molecule is Cn1c(=O)n(C2CCC(=O)NC2=O)c2ccc(CCCCCN3CCN(C(=O)OC(C)(C)C)CC3=O)cc21. The third-order valence-electron chi connectivity index (χ3n) is 7.04. The van der Waals surface area contributed by atoms with Crippen molar-refractivity contribution in [3.05, 3.63) is 34.2 Å². The lowest BCUT2D eigenvalue weighted by atomic mass is 10.0. The first-order valence-corrected chi connectivity index (χ1v) is 13.2. The van der Waals surface area contributed by atoms with Gasteiger partial charge < -0.3 is 9.64 Å². The second kappa shape index (κ2) is 11.0. The van der Waals surface area contributed by atoms with Gasteiger partial charge in [-0.25, -0.2) is 9.59 Å². The van der Waals surface area contributed by atoms with Gasteiger partial charge in [-0.1, -0.05) is 12.5 Å². The molecule has 0 spiro atoms. The Morgan fingerprint density at radius 3 is 2.50 bits per heavy atom. The zero-order valence-corrected chi connectivity index (χ0v) is 22.6. The van der Waals surface area contributed by atoms with Crippen molar-refractivity contribution in [3.8, 4) is 0 Å². The molecular weight excluding hydrogens is 490 g/mol. The normalized spacial score (nSPS) is 18.7. The van der Waals surface area contributed by atoms with Crippen LogP contribution < -0.4 is 11.0 Å². The Bertz CT molecular complexity index is 1300. The number of nitrogens with one attached hydrogen (secondary N) is 1. The molecule has 0 radical (unpaired) electrons. The number of piperazine rings is 1. The van der Waals surface area contributed by atoms with E-state index in [1.165, 1.54) is 9.47 Å². The number of imide groups is 1. The number of carbonyl (C=O) groups is 4. The maximum atomic E-state index is 12.9. The zero-order valence-electron chi connectivity index (χ0n) is 22.6. The number of aromatic nitrogens is 2. The van der Waals surface area contributed by atoms with E-state index in [9.17, 15) is 24.0 Å². The molecule has 2 saturated heterocycles. The van der Waals surface area contributed by atoms with Crippen LogP contribution in [0.3, 0.4) is 0 Å². The van der Waals surface area contributed by atoms with Crippen LogP contribution in [-0.2, 0) is 32.6 Å². The summed E-state index contributed by atoms with van der Waals surface area (Å²) in [6.07, 6.45) is 3.63. The number of aryl methyl sites for hydroxylation is 2. The summed E-state index contributed by atoms with van der Waals surface area (Å²) >= 11 is 0. The van der Waals surface area contributed by atoms with E-state index < -0.39 is 23.6 Å². The van der Waals surface area contributed by atoms with Crippen LogP contribution in [0.1, 0.15) is 64.5 Å². The lowest BCUT2D eigenvalue weighted by Gasteiger charge is -2.35. The number of fused-ring (bicyclic) bond motifs is 1. The van der Waals surface area contributed by atoms with Gasteiger partial charge in [0, 0.05) is 33.1 Å². The molecule has 1 unspecified atom stereocenters. The first-order valence-electron chi connectivity index (χ1n) is 13.2. The van der Waals surface area contributed by atoms with Gasteiger partial charge in [-0.05, 0) is 64.2 Å². The topological polar surface area (TPSA) is 123 Å². The molecule has 2 aromatic rings. The number of rotatable bonds is 7. The lowest BCUT2D eigenvalue weighted by Crippen LogP contribution is -2.53. The summed E-state index contributed by atoms with van der Waals surface area (Å²) in [5.41, 5.74) is 1.66. The fraction of sp³-hybridized carbons (Fsp3) is 0.593. The Morgan fingerprint density at radius 1 is 1.05 bits per heavy atom. The maximum Gasteiger partial charge on any atom is 0.410 e. The second-order valence-electron chi connectivity index (χ2n) is 11.1. The zero-order chi connectivity index (χ0) is 27.6. The van der Waals surface area contributed by atoms with Crippen LogP contribution in [0, 0.1) is 0 Å². The molecule has 4 rings (SSSR count). The molecule has 38 heavy (non-hydrogen) atoms. The molecule has 1 aromatic heterocycles. The van der Waals surface area contributed by atoms with E-state index in [1.54, 1.807) is 37.3 Å². The number of hydrogen-bond acceptors (Lipinski definition) is 6. The molecular formula is C27H37N5O6. The Kier molecular flexibility index (Phi) is 7.94. The van der Waals surface area contributed by atoms with Crippen LogP contribution >= 0.6 is 0 Å². The molecule has 206 valence electrons. The number of unbranched alkanes of at least 4 members (excludes halogenated alkanes) is 2. The van der Waals surface area contributed by atoms with E-state index in [4.69, 9.17) is 4.74 Å². The second-order valence-corrected chi connectivity index (χ2v) is 11.1. The van der Waals surface area contributed by atoms with Crippen molar-refractivity contribution in [1.82, 2.24) is 24.3 Å². The van der Waals surface area contributed by atoms with Crippen LogP contribution in [0.5, 0.6) is 0 Å². The molecule has 2 fully saturated rings. The smallest absolute Gasteiger partial charge is 0.410 e. The van der Waals surface area contributed by atoms with Gasteiger partial charge in [-0.3, -0.25) is 33.7 Å². The quantitative estimate of drug-likeness (QED) is 0.435. The summed E-state index contributed by atoms with van der Waals surface area (Å²) in [6, 6.07) is 5.14. The Labute approximate surface area is 221 Å². The molecule has 0 aliphatic carbocycles. The molecule has 2 aliphatic rings. The summed E-state index contributed by atoms with van der Waals surface area (Å²) in [4.78, 5) is 64.8. The third kappa shape index (κ3) is 6.08. The Hall–Kier alpha value is -3.63. The highest BCUT2D eigenvalue weighted by Crippen LogP contribution is 2.24. The van der Waals surface area contributed by atoms with E-state index in [2.05, 4.69) is 5.32 Å². The average Bonchev–Trinajstić information content (AvgIpc) is 3.08.